The number of rotatable bonds is 3. The van der Waals surface area contributed by atoms with E-state index in [1.165, 1.54) is 12.4 Å². The molecular formula is C14H11F3N4. The van der Waals surface area contributed by atoms with Crippen molar-refractivity contribution >= 4 is 0 Å². The quantitative estimate of drug-likeness (QED) is 0.742. The summed E-state index contributed by atoms with van der Waals surface area (Å²) in [5.74, 6) is 0.291. The van der Waals surface area contributed by atoms with E-state index in [4.69, 9.17) is 0 Å². The minimum atomic E-state index is -4.27. The average molecular weight is 292 g/mol. The van der Waals surface area contributed by atoms with Gasteiger partial charge in [0.1, 0.15) is 12.4 Å². The van der Waals surface area contributed by atoms with Crippen LogP contribution in [0, 0.1) is 0 Å². The molecule has 3 rings (SSSR count). The minimum absolute atomic E-state index is 0.291. The smallest absolute Gasteiger partial charge is 0.322 e. The van der Waals surface area contributed by atoms with Crippen molar-refractivity contribution in [2.45, 2.75) is 12.7 Å². The molecule has 108 valence electrons. The maximum atomic E-state index is 12.5. The lowest BCUT2D eigenvalue weighted by molar-refractivity contribution is -0.140. The van der Waals surface area contributed by atoms with Crippen molar-refractivity contribution in [3.05, 3.63) is 55.1 Å². The molecule has 0 aliphatic rings. The van der Waals surface area contributed by atoms with Crippen LogP contribution in [0.3, 0.4) is 0 Å². The second kappa shape index (κ2) is 5.08. The fraction of sp³-hybridized carbons (Fsp3) is 0.143. The van der Waals surface area contributed by atoms with Gasteiger partial charge in [-0.3, -0.25) is 0 Å². The molecule has 4 nitrogen and oxygen atoms in total. The van der Waals surface area contributed by atoms with Crippen LogP contribution < -0.4 is 0 Å². The van der Waals surface area contributed by atoms with E-state index < -0.39 is 12.7 Å². The molecule has 1 aromatic carbocycles. The SMILES string of the molecule is FC(F)(F)Cn1ccnc1-c1ccc(-n2cccn2)cc1. The van der Waals surface area contributed by atoms with E-state index in [0.29, 0.717) is 11.4 Å². The molecule has 21 heavy (non-hydrogen) atoms. The van der Waals surface area contributed by atoms with Gasteiger partial charge in [0.2, 0.25) is 0 Å². The Morgan fingerprint density at radius 2 is 1.76 bits per heavy atom. The Labute approximate surface area is 118 Å². The van der Waals surface area contributed by atoms with Gasteiger partial charge < -0.3 is 4.57 Å². The first-order valence-corrected chi connectivity index (χ1v) is 6.21. The van der Waals surface area contributed by atoms with Crippen LogP contribution in [0.4, 0.5) is 13.2 Å². The van der Waals surface area contributed by atoms with Crippen LogP contribution in [0.1, 0.15) is 0 Å². The molecule has 0 bridgehead atoms. The topological polar surface area (TPSA) is 35.6 Å². The van der Waals surface area contributed by atoms with Gasteiger partial charge in [0.05, 0.1) is 5.69 Å². The monoisotopic (exact) mass is 292 g/mol. The minimum Gasteiger partial charge on any atom is -0.322 e. The second-order valence-corrected chi connectivity index (χ2v) is 4.49. The third-order valence-electron chi connectivity index (χ3n) is 2.96. The molecular weight excluding hydrogens is 281 g/mol. The number of aromatic nitrogens is 4. The van der Waals surface area contributed by atoms with Crippen LogP contribution in [0.2, 0.25) is 0 Å². The number of benzene rings is 1. The lowest BCUT2D eigenvalue weighted by atomic mass is 10.2. The van der Waals surface area contributed by atoms with E-state index in [1.807, 2.05) is 0 Å². The zero-order chi connectivity index (χ0) is 14.9. The molecule has 3 aromatic rings. The van der Waals surface area contributed by atoms with Gasteiger partial charge in [-0.1, -0.05) is 0 Å². The average Bonchev–Trinajstić information content (AvgIpc) is 3.08. The molecule has 0 saturated carbocycles. The van der Waals surface area contributed by atoms with Crippen molar-refractivity contribution in [1.29, 1.82) is 0 Å². The third-order valence-corrected chi connectivity index (χ3v) is 2.96. The first kappa shape index (κ1) is 13.4. The third kappa shape index (κ3) is 2.96. The number of halogens is 3. The first-order chi connectivity index (χ1) is 10.0. The number of hydrogen-bond donors (Lipinski definition) is 0. The molecule has 2 aromatic heterocycles. The second-order valence-electron chi connectivity index (χ2n) is 4.49. The number of imidazole rings is 1. The Hall–Kier alpha value is -2.57. The molecule has 0 spiro atoms. The molecule has 0 aliphatic carbocycles. The lowest BCUT2D eigenvalue weighted by Crippen LogP contribution is -2.17. The lowest BCUT2D eigenvalue weighted by Gasteiger charge is -2.11. The predicted octanol–water partition coefficient (Wildman–Crippen LogP) is 3.30. The molecule has 0 aliphatic heterocycles. The summed E-state index contributed by atoms with van der Waals surface area (Å²) in [7, 11) is 0. The van der Waals surface area contributed by atoms with Crippen LogP contribution in [0.15, 0.2) is 55.1 Å². The molecule has 0 N–H and O–H groups in total. The maximum Gasteiger partial charge on any atom is 0.406 e. The van der Waals surface area contributed by atoms with Gasteiger partial charge in [-0.05, 0) is 30.3 Å². The van der Waals surface area contributed by atoms with E-state index in [9.17, 15) is 13.2 Å². The number of hydrogen-bond acceptors (Lipinski definition) is 2. The van der Waals surface area contributed by atoms with Gasteiger partial charge in [0.25, 0.3) is 0 Å². The zero-order valence-electron chi connectivity index (χ0n) is 10.8. The fourth-order valence-corrected chi connectivity index (χ4v) is 2.08. The van der Waals surface area contributed by atoms with Crippen molar-refractivity contribution in [2.24, 2.45) is 0 Å². The summed E-state index contributed by atoms with van der Waals surface area (Å²) < 4.78 is 40.3. The molecule has 0 unspecified atom stereocenters. The van der Waals surface area contributed by atoms with E-state index in [0.717, 1.165) is 10.3 Å². The van der Waals surface area contributed by atoms with Crippen LogP contribution >= 0.6 is 0 Å². The molecule has 0 atom stereocenters. The Morgan fingerprint density at radius 1 is 1.00 bits per heavy atom. The van der Waals surface area contributed by atoms with Crippen molar-refractivity contribution in [2.75, 3.05) is 0 Å². The van der Waals surface area contributed by atoms with E-state index in [2.05, 4.69) is 10.1 Å². The van der Waals surface area contributed by atoms with Gasteiger partial charge in [-0.2, -0.15) is 18.3 Å². The molecule has 0 radical (unpaired) electrons. The molecule has 0 fully saturated rings. The predicted molar refractivity (Wildman–Crippen MR) is 70.8 cm³/mol. The Balaban J connectivity index is 1.90. The number of nitrogens with zero attached hydrogens (tertiary/aromatic N) is 4. The zero-order valence-corrected chi connectivity index (χ0v) is 10.8. The standard InChI is InChI=1S/C14H11F3N4/c15-14(16,17)10-20-9-7-18-13(20)11-2-4-12(5-3-11)21-8-1-6-19-21/h1-9H,10H2. The van der Waals surface area contributed by atoms with Gasteiger partial charge in [0, 0.05) is 30.4 Å². The molecule has 2 heterocycles. The molecule has 0 saturated heterocycles. The highest BCUT2D eigenvalue weighted by Gasteiger charge is 2.29. The van der Waals surface area contributed by atoms with Gasteiger partial charge in [-0.15, -0.1) is 0 Å². The van der Waals surface area contributed by atoms with Crippen molar-refractivity contribution < 1.29 is 13.2 Å². The van der Waals surface area contributed by atoms with Gasteiger partial charge in [-0.25, -0.2) is 9.67 Å². The summed E-state index contributed by atoms with van der Waals surface area (Å²) in [4.78, 5) is 4.00. The summed E-state index contributed by atoms with van der Waals surface area (Å²) >= 11 is 0. The van der Waals surface area contributed by atoms with Crippen LogP contribution in [0.5, 0.6) is 0 Å². The van der Waals surface area contributed by atoms with Crippen molar-refractivity contribution in [1.82, 2.24) is 19.3 Å². The Kier molecular flexibility index (Phi) is 3.25. The summed E-state index contributed by atoms with van der Waals surface area (Å²) in [6, 6.07) is 8.83. The summed E-state index contributed by atoms with van der Waals surface area (Å²) in [5, 5.41) is 4.09. The molecule has 0 amide bonds. The normalized spacial score (nSPS) is 11.8. The van der Waals surface area contributed by atoms with E-state index in [1.54, 1.807) is 47.4 Å². The van der Waals surface area contributed by atoms with Crippen molar-refractivity contribution in [3.8, 4) is 17.1 Å². The summed E-state index contributed by atoms with van der Waals surface area (Å²) in [6.07, 6.45) is 1.86. The Morgan fingerprint density at radius 3 is 2.38 bits per heavy atom. The highest BCUT2D eigenvalue weighted by atomic mass is 19.4. The first-order valence-electron chi connectivity index (χ1n) is 6.21. The van der Waals surface area contributed by atoms with E-state index in [-0.39, 0.29) is 0 Å². The highest BCUT2D eigenvalue weighted by molar-refractivity contribution is 5.57. The summed E-state index contributed by atoms with van der Waals surface area (Å²) in [5.41, 5.74) is 1.46. The van der Waals surface area contributed by atoms with Gasteiger partial charge >= 0.3 is 6.18 Å². The largest absolute Gasteiger partial charge is 0.406 e. The van der Waals surface area contributed by atoms with E-state index >= 15 is 0 Å². The van der Waals surface area contributed by atoms with Gasteiger partial charge in [0.15, 0.2) is 0 Å². The molecule has 7 heteroatoms. The van der Waals surface area contributed by atoms with Crippen LogP contribution in [-0.4, -0.2) is 25.5 Å². The van der Waals surface area contributed by atoms with Crippen LogP contribution in [-0.2, 0) is 6.54 Å². The van der Waals surface area contributed by atoms with Crippen LogP contribution in [0.25, 0.3) is 17.1 Å². The number of alkyl halides is 3. The maximum absolute atomic E-state index is 12.5. The van der Waals surface area contributed by atoms with Crippen molar-refractivity contribution in [3.63, 3.8) is 0 Å². The Bertz CT molecular complexity index is 712. The highest BCUT2D eigenvalue weighted by Crippen LogP contribution is 2.24. The summed E-state index contributed by atoms with van der Waals surface area (Å²) in [6.45, 7) is -1.05. The fourth-order valence-electron chi connectivity index (χ4n) is 2.08.